The maximum absolute atomic E-state index is 13.4. The largest absolute Gasteiger partial charge is 0.481 e. The minimum Gasteiger partial charge on any atom is -0.481 e. The number of hydrogen-bond acceptors (Lipinski definition) is 7. The molecule has 0 aromatic heterocycles. The first-order valence-corrected chi connectivity index (χ1v) is 10.7. The lowest BCUT2D eigenvalue weighted by atomic mass is 9.87. The van der Waals surface area contributed by atoms with Gasteiger partial charge in [-0.3, -0.25) is 34.6 Å². The van der Waals surface area contributed by atoms with Gasteiger partial charge in [-0.05, 0) is 11.1 Å². The van der Waals surface area contributed by atoms with E-state index in [9.17, 15) is 39.7 Å². The Bertz CT molecular complexity index is 1260. The molecule has 11 heteroatoms. The summed E-state index contributed by atoms with van der Waals surface area (Å²) in [5.74, 6) is -3.62. The van der Waals surface area contributed by atoms with E-state index in [2.05, 4.69) is 5.32 Å². The average Bonchev–Trinajstić information content (AvgIpc) is 2.87. The van der Waals surface area contributed by atoms with E-state index < -0.39 is 63.7 Å². The molecule has 0 aliphatic carbocycles. The molecule has 3 rings (SSSR count). The van der Waals surface area contributed by atoms with Crippen LogP contribution in [0.5, 0.6) is 0 Å². The van der Waals surface area contributed by atoms with Gasteiger partial charge in [-0.25, -0.2) is 0 Å². The molecule has 2 atom stereocenters. The van der Waals surface area contributed by atoms with Gasteiger partial charge in [0.2, 0.25) is 5.91 Å². The van der Waals surface area contributed by atoms with Crippen LogP contribution < -0.4 is 5.32 Å². The quantitative estimate of drug-likeness (QED) is 0.228. The number of nitrogens with zero attached hydrogens (tertiary/aromatic N) is 2. The monoisotopic (exact) mass is 491 g/mol. The first-order chi connectivity index (χ1) is 17.2. The summed E-state index contributed by atoms with van der Waals surface area (Å²) in [5.41, 5.74) is -0.571. The number of benzene rings is 3. The summed E-state index contributed by atoms with van der Waals surface area (Å²) in [4.78, 5) is 58.7. The highest BCUT2D eigenvalue weighted by atomic mass is 16.6. The summed E-state index contributed by atoms with van der Waals surface area (Å²) in [5, 5.41) is 34.5. The first kappa shape index (κ1) is 25.7. The molecule has 0 radical (unpaired) electrons. The Kier molecular flexibility index (Phi) is 8.18. The van der Waals surface area contributed by atoms with Crippen molar-refractivity contribution in [1.82, 2.24) is 5.32 Å². The van der Waals surface area contributed by atoms with Crippen molar-refractivity contribution in [2.75, 3.05) is 0 Å². The normalized spacial score (nSPS) is 12.2. The van der Waals surface area contributed by atoms with Gasteiger partial charge >= 0.3 is 5.97 Å². The van der Waals surface area contributed by atoms with Gasteiger partial charge in [0.25, 0.3) is 11.4 Å². The van der Waals surface area contributed by atoms with Crippen molar-refractivity contribution in [3.8, 4) is 0 Å². The van der Waals surface area contributed by atoms with Crippen LogP contribution in [0.15, 0.2) is 78.9 Å². The van der Waals surface area contributed by atoms with Gasteiger partial charge in [0.1, 0.15) is 0 Å². The molecule has 0 heterocycles. The number of carbonyl (C=O) groups is 3. The Morgan fingerprint density at radius 2 is 1.28 bits per heavy atom. The molecule has 2 unspecified atom stereocenters. The number of carboxylic acids is 1. The predicted molar refractivity (Wildman–Crippen MR) is 127 cm³/mol. The highest BCUT2D eigenvalue weighted by Crippen LogP contribution is 2.30. The average molecular weight is 491 g/mol. The molecule has 184 valence electrons. The second-order valence-electron chi connectivity index (χ2n) is 7.91. The molecular weight excluding hydrogens is 470 g/mol. The molecule has 3 aromatic carbocycles. The molecule has 36 heavy (non-hydrogen) atoms. The second-order valence-corrected chi connectivity index (χ2v) is 7.91. The van der Waals surface area contributed by atoms with Crippen molar-refractivity contribution in [2.45, 2.75) is 24.8 Å². The number of nitro groups is 2. The minimum absolute atomic E-state index is 0.289. The van der Waals surface area contributed by atoms with Gasteiger partial charge in [-0.2, -0.15) is 0 Å². The molecule has 0 bridgehead atoms. The maximum Gasteiger partial charge on any atom is 0.305 e. The highest BCUT2D eigenvalue weighted by Gasteiger charge is 2.29. The summed E-state index contributed by atoms with van der Waals surface area (Å²) in [7, 11) is 0. The van der Waals surface area contributed by atoms with Crippen LogP contribution in [-0.4, -0.2) is 32.6 Å². The molecule has 3 aromatic rings. The number of aliphatic carboxylic acids is 1. The molecule has 2 N–H and O–H groups in total. The Morgan fingerprint density at radius 3 is 1.75 bits per heavy atom. The summed E-state index contributed by atoms with van der Waals surface area (Å²) >= 11 is 0. The standard InChI is InChI=1S/C25H21N3O8/c29-23(26-22(15-24(30)31)17-9-5-2-6-10-17)14-21(16-7-3-1-4-8-16)25(32)18-11-19(27(33)34)13-20(12-18)28(35)36/h1-13,21-22H,14-15H2,(H,26,29)(H,30,31). The van der Waals surface area contributed by atoms with E-state index in [0.717, 1.165) is 18.2 Å². The van der Waals surface area contributed by atoms with E-state index in [1.165, 1.54) is 0 Å². The van der Waals surface area contributed by atoms with Crippen LogP contribution in [0.25, 0.3) is 0 Å². The molecule has 0 fully saturated rings. The van der Waals surface area contributed by atoms with Gasteiger partial charge in [-0.15, -0.1) is 0 Å². The number of nitro benzene ring substituents is 2. The fraction of sp³-hybridized carbons (Fsp3) is 0.160. The van der Waals surface area contributed by atoms with Crippen LogP contribution in [0.2, 0.25) is 0 Å². The van der Waals surface area contributed by atoms with Crippen LogP contribution in [-0.2, 0) is 9.59 Å². The maximum atomic E-state index is 13.4. The van der Waals surface area contributed by atoms with Crippen LogP contribution in [0.3, 0.4) is 0 Å². The molecule has 1 amide bonds. The minimum atomic E-state index is -1.14. The molecule has 0 aliphatic rings. The predicted octanol–water partition coefficient (Wildman–Crippen LogP) is 4.19. The van der Waals surface area contributed by atoms with Gasteiger partial charge in [0.05, 0.1) is 34.3 Å². The summed E-state index contributed by atoms with van der Waals surface area (Å²) in [6.45, 7) is 0. The third kappa shape index (κ3) is 6.56. The Hall–Kier alpha value is -4.93. The lowest BCUT2D eigenvalue weighted by Crippen LogP contribution is -2.32. The van der Waals surface area contributed by atoms with Crippen molar-refractivity contribution in [1.29, 1.82) is 0 Å². The Labute approximate surface area is 204 Å². The smallest absolute Gasteiger partial charge is 0.305 e. The molecule has 11 nitrogen and oxygen atoms in total. The number of amides is 1. The summed E-state index contributed by atoms with van der Waals surface area (Å²) < 4.78 is 0. The van der Waals surface area contributed by atoms with Gasteiger partial charge in [0.15, 0.2) is 5.78 Å². The Balaban J connectivity index is 1.94. The number of non-ortho nitro benzene ring substituents is 2. The van der Waals surface area contributed by atoms with E-state index in [-0.39, 0.29) is 5.56 Å². The topological polar surface area (TPSA) is 170 Å². The SMILES string of the molecule is O=C(O)CC(NC(=O)CC(C(=O)c1cc([N+](=O)[O-])cc([N+](=O)[O-])c1)c1ccccc1)c1ccccc1. The van der Waals surface area contributed by atoms with Crippen LogP contribution in [0.4, 0.5) is 11.4 Å². The van der Waals surface area contributed by atoms with Crippen molar-refractivity contribution < 1.29 is 29.3 Å². The van der Waals surface area contributed by atoms with Gasteiger partial charge in [-0.1, -0.05) is 60.7 Å². The molecule has 0 spiro atoms. The van der Waals surface area contributed by atoms with Crippen molar-refractivity contribution in [2.24, 2.45) is 0 Å². The molecular formula is C25H21N3O8. The van der Waals surface area contributed by atoms with Crippen molar-refractivity contribution in [3.05, 3.63) is 116 Å². The molecule has 0 saturated heterocycles. The third-order valence-corrected chi connectivity index (χ3v) is 5.43. The molecule has 0 saturated carbocycles. The molecule has 0 aliphatic heterocycles. The highest BCUT2D eigenvalue weighted by molar-refractivity contribution is 6.04. The number of Topliss-reactive ketones (excluding diaryl/α,β-unsaturated/α-hetero) is 1. The zero-order chi connectivity index (χ0) is 26.2. The number of carbonyl (C=O) groups excluding carboxylic acids is 2. The van der Waals surface area contributed by atoms with Crippen molar-refractivity contribution >= 4 is 29.0 Å². The zero-order valence-corrected chi connectivity index (χ0v) is 18.8. The number of rotatable bonds is 11. The van der Waals surface area contributed by atoms with E-state index >= 15 is 0 Å². The van der Waals surface area contributed by atoms with Crippen LogP contribution in [0, 0.1) is 20.2 Å². The number of nitrogens with one attached hydrogen (secondary N) is 1. The first-order valence-electron chi connectivity index (χ1n) is 10.7. The third-order valence-electron chi connectivity index (χ3n) is 5.43. The van der Waals surface area contributed by atoms with Gasteiger partial charge in [0, 0.05) is 24.1 Å². The Morgan fingerprint density at radius 1 is 0.778 bits per heavy atom. The van der Waals surface area contributed by atoms with E-state index in [0.29, 0.717) is 11.1 Å². The number of ketones is 1. The van der Waals surface area contributed by atoms with E-state index in [1.54, 1.807) is 60.7 Å². The fourth-order valence-electron chi connectivity index (χ4n) is 3.75. The van der Waals surface area contributed by atoms with E-state index in [4.69, 9.17) is 0 Å². The van der Waals surface area contributed by atoms with Crippen molar-refractivity contribution in [3.63, 3.8) is 0 Å². The lowest BCUT2D eigenvalue weighted by molar-refractivity contribution is -0.394. The zero-order valence-electron chi connectivity index (χ0n) is 18.8. The number of hydrogen-bond donors (Lipinski definition) is 2. The van der Waals surface area contributed by atoms with E-state index in [1.807, 2.05) is 0 Å². The van der Waals surface area contributed by atoms with Crippen LogP contribution in [0.1, 0.15) is 46.3 Å². The summed E-state index contributed by atoms with van der Waals surface area (Å²) in [6.07, 6.45) is -0.806. The summed E-state index contributed by atoms with van der Waals surface area (Å²) in [6, 6.07) is 18.4. The number of carboxylic acid groups (broad SMARTS) is 1. The lowest BCUT2D eigenvalue weighted by Gasteiger charge is -2.20. The fourth-order valence-corrected chi connectivity index (χ4v) is 3.75. The van der Waals surface area contributed by atoms with Crippen LogP contribution >= 0.6 is 0 Å². The second kappa shape index (κ2) is 11.5. The van der Waals surface area contributed by atoms with Gasteiger partial charge < -0.3 is 10.4 Å².